The SMILES string of the molecule is CCc1cnc(CCNC(=NCc2nnc(C)n2C)NC(C)c2ccccc2)s1. The number of nitrogens with zero attached hydrogens (tertiary/aromatic N) is 5. The Morgan fingerprint density at radius 3 is 2.69 bits per heavy atom. The van der Waals surface area contributed by atoms with Crippen LogP contribution in [0.4, 0.5) is 0 Å². The Hall–Kier alpha value is -2.74. The van der Waals surface area contributed by atoms with Gasteiger partial charge in [-0.15, -0.1) is 21.5 Å². The van der Waals surface area contributed by atoms with E-state index in [1.165, 1.54) is 10.4 Å². The molecule has 0 aliphatic rings. The van der Waals surface area contributed by atoms with Gasteiger partial charge in [-0.3, -0.25) is 0 Å². The van der Waals surface area contributed by atoms with Crippen molar-refractivity contribution in [2.45, 2.75) is 46.2 Å². The number of aryl methyl sites for hydroxylation is 2. The number of aromatic nitrogens is 4. The van der Waals surface area contributed by atoms with Crippen LogP contribution in [0.1, 0.15) is 47.0 Å². The minimum absolute atomic E-state index is 0.134. The number of hydrogen-bond acceptors (Lipinski definition) is 5. The number of thiazole rings is 1. The summed E-state index contributed by atoms with van der Waals surface area (Å²) in [5.74, 6) is 2.48. The molecule has 0 saturated carbocycles. The van der Waals surface area contributed by atoms with Crippen molar-refractivity contribution in [2.75, 3.05) is 6.54 Å². The van der Waals surface area contributed by atoms with E-state index in [-0.39, 0.29) is 6.04 Å². The van der Waals surface area contributed by atoms with E-state index in [0.29, 0.717) is 6.54 Å². The van der Waals surface area contributed by atoms with Gasteiger partial charge >= 0.3 is 0 Å². The van der Waals surface area contributed by atoms with E-state index in [1.54, 1.807) is 11.3 Å². The Morgan fingerprint density at radius 1 is 1.24 bits per heavy atom. The van der Waals surface area contributed by atoms with E-state index in [1.807, 2.05) is 42.9 Å². The van der Waals surface area contributed by atoms with E-state index in [9.17, 15) is 0 Å². The molecule has 0 amide bonds. The molecule has 29 heavy (non-hydrogen) atoms. The lowest BCUT2D eigenvalue weighted by Gasteiger charge is -2.18. The first-order valence-corrected chi connectivity index (χ1v) is 10.8. The monoisotopic (exact) mass is 411 g/mol. The first-order chi connectivity index (χ1) is 14.1. The molecular weight excluding hydrogens is 382 g/mol. The number of rotatable bonds is 8. The quantitative estimate of drug-likeness (QED) is 0.440. The van der Waals surface area contributed by atoms with E-state index >= 15 is 0 Å². The summed E-state index contributed by atoms with van der Waals surface area (Å²) in [5, 5.41) is 16.4. The highest BCUT2D eigenvalue weighted by molar-refractivity contribution is 7.11. The van der Waals surface area contributed by atoms with Crippen LogP contribution in [0.5, 0.6) is 0 Å². The first kappa shape index (κ1) is 21.0. The Bertz CT molecular complexity index is 930. The van der Waals surface area contributed by atoms with Gasteiger partial charge in [0.05, 0.1) is 11.0 Å². The predicted octanol–water partition coefficient (Wildman–Crippen LogP) is 3.18. The van der Waals surface area contributed by atoms with Crippen molar-refractivity contribution >= 4 is 17.3 Å². The standard InChI is InChI=1S/C21H29N7S/c1-5-18-13-23-20(29-18)11-12-22-21(24-14-19-27-26-16(3)28(19)4)25-15(2)17-9-7-6-8-10-17/h6-10,13,15H,5,11-12,14H2,1-4H3,(H2,22,24,25). The molecular formula is C21H29N7S. The molecule has 7 nitrogen and oxygen atoms in total. The predicted molar refractivity (Wildman–Crippen MR) is 118 cm³/mol. The van der Waals surface area contributed by atoms with Gasteiger partial charge in [-0.05, 0) is 25.8 Å². The highest BCUT2D eigenvalue weighted by Crippen LogP contribution is 2.14. The van der Waals surface area contributed by atoms with E-state index in [0.717, 1.165) is 42.0 Å². The second-order valence-electron chi connectivity index (χ2n) is 6.91. The Labute approximate surface area is 176 Å². The molecule has 2 heterocycles. The summed E-state index contributed by atoms with van der Waals surface area (Å²) in [6.07, 6.45) is 3.88. The summed E-state index contributed by atoms with van der Waals surface area (Å²) in [5.41, 5.74) is 1.21. The lowest BCUT2D eigenvalue weighted by Crippen LogP contribution is -2.39. The fourth-order valence-electron chi connectivity index (χ4n) is 2.84. The second-order valence-corrected chi connectivity index (χ2v) is 8.11. The third kappa shape index (κ3) is 5.87. The maximum Gasteiger partial charge on any atom is 0.192 e. The molecule has 8 heteroatoms. The molecule has 2 N–H and O–H groups in total. The fraction of sp³-hybridized carbons (Fsp3) is 0.429. The van der Waals surface area contributed by atoms with Gasteiger partial charge in [-0.1, -0.05) is 37.3 Å². The Morgan fingerprint density at radius 2 is 2.03 bits per heavy atom. The van der Waals surface area contributed by atoms with Gasteiger partial charge in [0.15, 0.2) is 11.8 Å². The summed E-state index contributed by atoms with van der Waals surface area (Å²) >= 11 is 1.78. The van der Waals surface area contributed by atoms with Gasteiger partial charge in [0.2, 0.25) is 0 Å². The van der Waals surface area contributed by atoms with Crippen molar-refractivity contribution in [2.24, 2.45) is 12.0 Å². The summed E-state index contributed by atoms with van der Waals surface area (Å²) in [6.45, 7) is 7.46. The fourth-order valence-corrected chi connectivity index (χ4v) is 3.70. The molecule has 0 aliphatic carbocycles. The summed E-state index contributed by atoms with van der Waals surface area (Å²) in [7, 11) is 1.96. The largest absolute Gasteiger partial charge is 0.356 e. The summed E-state index contributed by atoms with van der Waals surface area (Å²) < 4.78 is 1.96. The van der Waals surface area contributed by atoms with Crippen LogP contribution in [0.3, 0.4) is 0 Å². The molecule has 154 valence electrons. The molecule has 0 spiro atoms. The van der Waals surface area contributed by atoms with Crippen molar-refractivity contribution in [3.05, 3.63) is 63.6 Å². The van der Waals surface area contributed by atoms with Gasteiger partial charge in [0.1, 0.15) is 12.4 Å². The van der Waals surface area contributed by atoms with Crippen LogP contribution < -0.4 is 10.6 Å². The molecule has 2 aromatic heterocycles. The molecule has 3 aromatic rings. The number of nitrogens with one attached hydrogen (secondary N) is 2. The van der Waals surface area contributed by atoms with Gasteiger partial charge in [-0.2, -0.15) is 0 Å². The molecule has 1 aromatic carbocycles. The van der Waals surface area contributed by atoms with Crippen LogP contribution in [-0.4, -0.2) is 32.3 Å². The second kappa shape index (κ2) is 10.2. The minimum Gasteiger partial charge on any atom is -0.356 e. The normalized spacial score (nSPS) is 12.8. The van der Waals surface area contributed by atoms with Crippen LogP contribution in [-0.2, 0) is 26.4 Å². The maximum absolute atomic E-state index is 4.74. The Kier molecular flexibility index (Phi) is 7.35. The topological polar surface area (TPSA) is 80.0 Å². The molecule has 1 atom stereocenters. The zero-order chi connectivity index (χ0) is 20.6. The Balaban J connectivity index is 1.66. The third-order valence-corrected chi connectivity index (χ3v) is 6.00. The maximum atomic E-state index is 4.74. The van der Waals surface area contributed by atoms with Crippen LogP contribution in [0.2, 0.25) is 0 Å². The van der Waals surface area contributed by atoms with E-state index in [2.05, 4.69) is 51.8 Å². The number of benzene rings is 1. The number of aliphatic imine (C=N–C) groups is 1. The van der Waals surface area contributed by atoms with Gasteiger partial charge in [0, 0.05) is 31.1 Å². The zero-order valence-electron chi connectivity index (χ0n) is 17.5. The lowest BCUT2D eigenvalue weighted by atomic mass is 10.1. The summed E-state index contributed by atoms with van der Waals surface area (Å²) in [6, 6.07) is 10.5. The van der Waals surface area contributed by atoms with Gasteiger partial charge in [-0.25, -0.2) is 9.98 Å². The van der Waals surface area contributed by atoms with Crippen LogP contribution in [0, 0.1) is 6.92 Å². The average Bonchev–Trinajstić information content (AvgIpc) is 3.33. The highest BCUT2D eigenvalue weighted by Gasteiger charge is 2.10. The van der Waals surface area contributed by atoms with Gasteiger partial charge in [0.25, 0.3) is 0 Å². The summed E-state index contributed by atoms with van der Waals surface area (Å²) in [4.78, 5) is 10.6. The van der Waals surface area contributed by atoms with E-state index < -0.39 is 0 Å². The minimum atomic E-state index is 0.134. The van der Waals surface area contributed by atoms with E-state index in [4.69, 9.17) is 4.99 Å². The highest BCUT2D eigenvalue weighted by atomic mass is 32.1. The van der Waals surface area contributed by atoms with Crippen molar-refractivity contribution in [1.29, 1.82) is 0 Å². The molecule has 0 radical (unpaired) electrons. The molecule has 0 fully saturated rings. The van der Waals surface area contributed by atoms with Crippen LogP contribution >= 0.6 is 11.3 Å². The average molecular weight is 412 g/mol. The zero-order valence-corrected chi connectivity index (χ0v) is 18.3. The molecule has 0 saturated heterocycles. The van der Waals surface area contributed by atoms with Crippen LogP contribution in [0.25, 0.3) is 0 Å². The molecule has 0 bridgehead atoms. The molecule has 0 aliphatic heterocycles. The van der Waals surface area contributed by atoms with Crippen molar-refractivity contribution < 1.29 is 0 Å². The smallest absolute Gasteiger partial charge is 0.192 e. The van der Waals surface area contributed by atoms with Crippen molar-refractivity contribution in [1.82, 2.24) is 30.4 Å². The van der Waals surface area contributed by atoms with Crippen molar-refractivity contribution in [3.8, 4) is 0 Å². The van der Waals surface area contributed by atoms with Crippen molar-refractivity contribution in [3.63, 3.8) is 0 Å². The lowest BCUT2D eigenvalue weighted by molar-refractivity contribution is 0.675. The van der Waals surface area contributed by atoms with Crippen LogP contribution in [0.15, 0.2) is 41.5 Å². The first-order valence-electron chi connectivity index (χ1n) is 9.95. The number of hydrogen-bond donors (Lipinski definition) is 2. The molecule has 1 unspecified atom stereocenters. The van der Waals surface area contributed by atoms with Gasteiger partial charge < -0.3 is 15.2 Å². The third-order valence-electron chi connectivity index (χ3n) is 4.80. The molecule has 3 rings (SSSR count). The number of guanidine groups is 1.